The van der Waals surface area contributed by atoms with E-state index in [1.165, 1.54) is 0 Å². The second-order valence-corrected chi connectivity index (χ2v) is 2.93. The third-order valence-corrected chi connectivity index (χ3v) is 2.07. The van der Waals surface area contributed by atoms with Crippen molar-refractivity contribution in [1.82, 2.24) is 5.32 Å². The van der Waals surface area contributed by atoms with Crippen molar-refractivity contribution in [1.29, 1.82) is 0 Å². The van der Waals surface area contributed by atoms with Gasteiger partial charge in [-0.1, -0.05) is 6.07 Å². The van der Waals surface area contributed by atoms with Crippen LogP contribution in [0.2, 0.25) is 0 Å². The first-order chi connectivity index (χ1) is 6.27. The number of hydrogen-bond acceptors (Lipinski definition) is 2. The third-order valence-electron chi connectivity index (χ3n) is 2.07. The number of carboxylic acid groups (broad SMARTS) is 1. The highest BCUT2D eigenvalue weighted by Crippen LogP contribution is 2.16. The molecule has 1 heterocycles. The minimum absolute atomic E-state index is 0. The lowest BCUT2D eigenvalue weighted by molar-refractivity contribution is 0.0697. The van der Waals surface area contributed by atoms with Gasteiger partial charge in [0.15, 0.2) is 0 Å². The molecule has 74 valence electrons. The van der Waals surface area contributed by atoms with Crippen LogP contribution in [0.3, 0.4) is 0 Å². The normalized spacial score (nSPS) is 12.3. The molecule has 0 atom stereocenters. The average molecular weight is 193 g/mol. The van der Waals surface area contributed by atoms with Crippen LogP contribution in [0.15, 0.2) is 24.4 Å². The van der Waals surface area contributed by atoms with Gasteiger partial charge in [0.05, 0.1) is 5.56 Å². The molecule has 0 amide bonds. The second-order valence-electron chi connectivity index (χ2n) is 2.93. The van der Waals surface area contributed by atoms with Crippen LogP contribution in [0.1, 0.15) is 21.5 Å². The topological polar surface area (TPSA) is 80.8 Å². The van der Waals surface area contributed by atoms with Gasteiger partial charge in [0.2, 0.25) is 0 Å². The number of benzene rings is 1. The van der Waals surface area contributed by atoms with Crippen LogP contribution >= 0.6 is 0 Å². The van der Waals surface area contributed by atoms with E-state index in [0.29, 0.717) is 5.56 Å². The van der Waals surface area contributed by atoms with Gasteiger partial charge in [0.1, 0.15) is 0 Å². The van der Waals surface area contributed by atoms with E-state index in [2.05, 4.69) is 5.32 Å². The molecule has 4 N–H and O–H groups in total. The lowest BCUT2D eigenvalue weighted by Gasteiger charge is -2.11. The van der Waals surface area contributed by atoms with Crippen LogP contribution in [0.4, 0.5) is 0 Å². The predicted octanol–water partition coefficient (Wildman–Crippen LogP) is 0.634. The number of nitrogens with one attached hydrogen (secondary N) is 1. The summed E-state index contributed by atoms with van der Waals surface area (Å²) in [4.78, 5) is 10.6. The summed E-state index contributed by atoms with van der Waals surface area (Å²) in [5.41, 5.74) is 2.46. The van der Waals surface area contributed by atoms with Gasteiger partial charge >= 0.3 is 5.97 Å². The van der Waals surface area contributed by atoms with Crippen molar-refractivity contribution in [2.24, 2.45) is 0 Å². The van der Waals surface area contributed by atoms with E-state index in [4.69, 9.17) is 5.11 Å². The van der Waals surface area contributed by atoms with Gasteiger partial charge < -0.3 is 15.9 Å². The maximum Gasteiger partial charge on any atom is 0.335 e. The molecule has 0 aliphatic carbocycles. The molecule has 0 radical (unpaired) electrons. The van der Waals surface area contributed by atoms with Gasteiger partial charge in [0, 0.05) is 6.54 Å². The summed E-state index contributed by atoms with van der Waals surface area (Å²) in [6.07, 6.45) is 3.71. The predicted molar refractivity (Wildman–Crippen MR) is 52.9 cm³/mol. The third kappa shape index (κ3) is 1.75. The van der Waals surface area contributed by atoms with E-state index in [-0.39, 0.29) is 5.48 Å². The van der Waals surface area contributed by atoms with Crippen molar-refractivity contribution in [3.8, 4) is 0 Å². The molecule has 0 unspecified atom stereocenters. The number of aromatic carboxylic acids is 1. The lowest BCUT2D eigenvalue weighted by Crippen LogP contribution is -2.10. The summed E-state index contributed by atoms with van der Waals surface area (Å²) in [7, 11) is 0. The standard InChI is InChI=1S/C10H9NO2.H2O/c12-10(13)8-1-2-9-6-11-4-3-7(9)5-8;/h1-5,11H,6H2,(H,12,13);1H2. The number of hydrogen-bond donors (Lipinski definition) is 2. The summed E-state index contributed by atoms with van der Waals surface area (Å²) >= 11 is 0. The summed E-state index contributed by atoms with van der Waals surface area (Å²) in [6.45, 7) is 0.770. The minimum atomic E-state index is -0.880. The van der Waals surface area contributed by atoms with Gasteiger partial charge in [-0.05, 0) is 35.5 Å². The van der Waals surface area contributed by atoms with E-state index in [9.17, 15) is 4.79 Å². The van der Waals surface area contributed by atoms with E-state index < -0.39 is 5.97 Å². The molecule has 0 saturated heterocycles. The maximum atomic E-state index is 10.6. The molecule has 0 aromatic heterocycles. The van der Waals surface area contributed by atoms with Gasteiger partial charge in [0.25, 0.3) is 0 Å². The molecule has 0 bridgehead atoms. The van der Waals surface area contributed by atoms with Crippen LogP contribution < -0.4 is 5.32 Å². The Morgan fingerprint density at radius 2 is 2.21 bits per heavy atom. The molecule has 1 aliphatic heterocycles. The fourth-order valence-electron chi connectivity index (χ4n) is 1.36. The summed E-state index contributed by atoms with van der Waals surface area (Å²) in [6, 6.07) is 5.16. The average Bonchev–Trinajstić information content (AvgIpc) is 2.17. The molecule has 1 aromatic rings. The Morgan fingerprint density at radius 1 is 1.43 bits per heavy atom. The Hall–Kier alpha value is -1.81. The molecule has 4 heteroatoms. The molecule has 0 fully saturated rings. The Labute approximate surface area is 81.2 Å². The van der Waals surface area contributed by atoms with Crippen LogP contribution in [0.25, 0.3) is 6.08 Å². The molecular formula is C10H11NO3. The van der Waals surface area contributed by atoms with Gasteiger partial charge in [-0.2, -0.15) is 0 Å². The van der Waals surface area contributed by atoms with Crippen molar-refractivity contribution in [2.45, 2.75) is 6.54 Å². The van der Waals surface area contributed by atoms with Gasteiger partial charge in [-0.15, -0.1) is 0 Å². The van der Waals surface area contributed by atoms with Crippen molar-refractivity contribution in [3.05, 3.63) is 41.1 Å². The Morgan fingerprint density at radius 3 is 2.93 bits per heavy atom. The summed E-state index contributed by atoms with van der Waals surface area (Å²) in [5, 5.41) is 11.8. The maximum absolute atomic E-state index is 10.6. The molecule has 2 rings (SSSR count). The van der Waals surface area contributed by atoms with Crippen LogP contribution in [0.5, 0.6) is 0 Å². The zero-order valence-electron chi connectivity index (χ0n) is 7.45. The quantitative estimate of drug-likeness (QED) is 0.686. The largest absolute Gasteiger partial charge is 0.478 e. The Bertz CT molecular complexity index is 385. The second kappa shape index (κ2) is 3.93. The zero-order valence-corrected chi connectivity index (χ0v) is 7.45. The van der Waals surface area contributed by atoms with E-state index in [1.807, 2.05) is 18.3 Å². The van der Waals surface area contributed by atoms with Crippen LogP contribution in [0, 0.1) is 0 Å². The number of carboxylic acids is 1. The van der Waals surface area contributed by atoms with Crippen molar-refractivity contribution in [3.63, 3.8) is 0 Å². The number of fused-ring (bicyclic) bond motifs is 1. The lowest BCUT2D eigenvalue weighted by atomic mass is 10.0. The van der Waals surface area contributed by atoms with Crippen LogP contribution in [-0.4, -0.2) is 16.6 Å². The molecular weight excluding hydrogens is 182 g/mol. The molecule has 4 nitrogen and oxygen atoms in total. The first-order valence-electron chi connectivity index (χ1n) is 4.03. The van der Waals surface area contributed by atoms with Gasteiger partial charge in [-0.25, -0.2) is 4.79 Å². The first kappa shape index (κ1) is 10.3. The molecule has 1 aliphatic rings. The van der Waals surface area contributed by atoms with E-state index >= 15 is 0 Å². The monoisotopic (exact) mass is 193 g/mol. The fraction of sp³-hybridized carbons (Fsp3) is 0.100. The molecule has 0 spiro atoms. The highest BCUT2D eigenvalue weighted by atomic mass is 16.4. The molecule has 1 aromatic carbocycles. The van der Waals surface area contributed by atoms with E-state index in [0.717, 1.165) is 17.7 Å². The zero-order chi connectivity index (χ0) is 9.26. The van der Waals surface area contributed by atoms with E-state index in [1.54, 1.807) is 12.1 Å². The smallest absolute Gasteiger partial charge is 0.335 e. The van der Waals surface area contributed by atoms with Crippen molar-refractivity contribution >= 4 is 12.0 Å². The van der Waals surface area contributed by atoms with Crippen molar-refractivity contribution < 1.29 is 15.4 Å². The Balaban J connectivity index is 0.000000980. The number of carbonyl (C=O) groups is 1. The highest BCUT2D eigenvalue weighted by molar-refractivity contribution is 5.88. The summed E-state index contributed by atoms with van der Waals surface area (Å²) in [5.74, 6) is -0.880. The highest BCUT2D eigenvalue weighted by Gasteiger charge is 2.07. The van der Waals surface area contributed by atoms with Crippen LogP contribution in [-0.2, 0) is 6.54 Å². The SMILES string of the molecule is O.O=C(O)c1ccc2c(c1)C=CNC2. The summed E-state index contributed by atoms with van der Waals surface area (Å²) < 4.78 is 0. The molecule has 14 heavy (non-hydrogen) atoms. The number of rotatable bonds is 1. The first-order valence-corrected chi connectivity index (χ1v) is 4.03. The fourth-order valence-corrected chi connectivity index (χ4v) is 1.36. The Kier molecular flexibility index (Phi) is 2.89. The van der Waals surface area contributed by atoms with Gasteiger partial charge in [-0.3, -0.25) is 0 Å². The van der Waals surface area contributed by atoms with Crippen molar-refractivity contribution in [2.75, 3.05) is 0 Å². The molecule has 0 saturated carbocycles. The minimum Gasteiger partial charge on any atom is -0.478 e.